The lowest BCUT2D eigenvalue weighted by molar-refractivity contribution is 0.100. The van der Waals surface area contributed by atoms with Gasteiger partial charge in [0.25, 0.3) is 0 Å². The Kier molecular flexibility index (Phi) is 3.77. The number of nitrogens with one attached hydrogen (secondary N) is 3. The molecule has 25 heavy (non-hydrogen) atoms. The van der Waals surface area contributed by atoms with Crippen LogP contribution in [0.4, 0.5) is 23.3 Å². The lowest BCUT2D eigenvalue weighted by Gasteiger charge is -2.07. The monoisotopic (exact) mass is 345 g/mol. The molecule has 3 aromatic rings. The van der Waals surface area contributed by atoms with Gasteiger partial charge in [0.1, 0.15) is 5.82 Å². The van der Waals surface area contributed by atoms with Crippen molar-refractivity contribution in [3.8, 4) is 0 Å². The minimum absolute atomic E-state index is 0. The maximum Gasteiger partial charge on any atom is 0.248 e. The fraction of sp³-hybridized carbons (Fsp3) is 0.176. The first-order valence-electron chi connectivity index (χ1n) is 7.99. The number of primary amides is 1. The third-order valence-corrected chi connectivity index (χ3v) is 3.93. The van der Waals surface area contributed by atoms with E-state index in [1.54, 1.807) is 30.5 Å². The van der Waals surface area contributed by atoms with Crippen LogP contribution in [0.15, 0.2) is 42.6 Å². The van der Waals surface area contributed by atoms with Crippen LogP contribution in [0.3, 0.4) is 0 Å². The highest BCUT2D eigenvalue weighted by Gasteiger charge is 2.25. The van der Waals surface area contributed by atoms with Crippen LogP contribution >= 0.6 is 0 Å². The summed E-state index contributed by atoms with van der Waals surface area (Å²) in [6.07, 6.45) is 4.07. The van der Waals surface area contributed by atoms with Gasteiger partial charge in [-0.25, -0.2) is 4.98 Å². The van der Waals surface area contributed by atoms with Gasteiger partial charge in [0.05, 0.1) is 0 Å². The van der Waals surface area contributed by atoms with E-state index in [0.717, 1.165) is 11.5 Å². The molecule has 1 aliphatic carbocycles. The summed E-state index contributed by atoms with van der Waals surface area (Å²) in [5, 5.41) is 13.5. The van der Waals surface area contributed by atoms with E-state index >= 15 is 0 Å². The number of H-pyrrole nitrogens is 1. The van der Waals surface area contributed by atoms with E-state index in [1.807, 2.05) is 12.1 Å². The molecule has 1 fully saturated rings. The largest absolute Gasteiger partial charge is 0.366 e. The van der Waals surface area contributed by atoms with E-state index in [9.17, 15) is 4.79 Å². The number of aromatic nitrogens is 4. The Hall–Kier alpha value is -3.42. The van der Waals surface area contributed by atoms with Crippen molar-refractivity contribution in [1.82, 2.24) is 20.2 Å². The predicted octanol–water partition coefficient (Wildman–Crippen LogP) is 3.89. The number of amides is 1. The number of carbonyl (C=O) groups is 1. The van der Waals surface area contributed by atoms with E-state index in [4.69, 9.17) is 5.73 Å². The van der Waals surface area contributed by atoms with Crippen molar-refractivity contribution in [2.75, 3.05) is 10.6 Å². The molecule has 1 aliphatic rings. The molecule has 2 heterocycles. The molecule has 0 saturated heterocycles. The topological polar surface area (TPSA) is 122 Å². The van der Waals surface area contributed by atoms with Gasteiger partial charge in [-0.2, -0.15) is 10.1 Å². The van der Waals surface area contributed by atoms with Gasteiger partial charge in [-0.15, -0.1) is 0 Å². The normalized spacial score (nSPS) is 13.4. The third kappa shape index (κ3) is 3.57. The average molecular weight is 345 g/mol. The molecule has 0 atom stereocenters. The molecule has 2 aromatic heterocycles. The fourth-order valence-electron chi connectivity index (χ4n) is 2.50. The lowest BCUT2D eigenvalue weighted by Crippen LogP contribution is -2.11. The van der Waals surface area contributed by atoms with E-state index < -0.39 is 5.91 Å². The van der Waals surface area contributed by atoms with Gasteiger partial charge in [-0.05, 0) is 37.1 Å². The molecular weight excluding hydrogens is 318 g/mol. The SMILES string of the molecule is NC(=O)c1cccc(Nc2nccc(Nc3cc(C4CC4)[nH]n3)n2)c1.[HH].[HH].[HH].[HH].[HH]. The summed E-state index contributed by atoms with van der Waals surface area (Å²) in [4.78, 5) is 19.9. The second-order valence-corrected chi connectivity index (χ2v) is 5.94. The molecule has 4 rings (SSSR count). The molecule has 5 N–H and O–H groups in total. The molecule has 0 unspecified atom stereocenters. The van der Waals surface area contributed by atoms with Crippen LogP contribution in [0, 0.1) is 0 Å². The van der Waals surface area contributed by atoms with Gasteiger partial charge >= 0.3 is 0 Å². The number of anilines is 4. The van der Waals surface area contributed by atoms with E-state index in [2.05, 4.69) is 30.8 Å². The van der Waals surface area contributed by atoms with Crippen LogP contribution in [0.1, 0.15) is 41.9 Å². The Morgan fingerprint density at radius 3 is 2.88 bits per heavy atom. The highest BCUT2D eigenvalue weighted by atomic mass is 16.1. The van der Waals surface area contributed by atoms with Crippen molar-refractivity contribution in [3.05, 3.63) is 53.9 Å². The first-order valence-corrected chi connectivity index (χ1v) is 7.99. The number of nitrogens with two attached hydrogens (primary N) is 1. The smallest absolute Gasteiger partial charge is 0.248 e. The predicted molar refractivity (Wildman–Crippen MR) is 105 cm³/mol. The summed E-state index contributed by atoms with van der Waals surface area (Å²) in [7, 11) is 0. The quantitative estimate of drug-likeness (QED) is 0.537. The maximum atomic E-state index is 11.3. The second kappa shape index (κ2) is 6.23. The van der Waals surface area contributed by atoms with E-state index in [1.165, 1.54) is 12.8 Å². The molecule has 136 valence electrons. The molecule has 0 aliphatic heterocycles. The third-order valence-electron chi connectivity index (χ3n) is 3.93. The number of hydrogen-bond acceptors (Lipinski definition) is 6. The minimum Gasteiger partial charge on any atom is -0.366 e. The number of benzene rings is 1. The zero-order valence-corrected chi connectivity index (χ0v) is 13.4. The minimum atomic E-state index is -0.481. The summed E-state index contributed by atoms with van der Waals surface area (Å²) >= 11 is 0. The number of nitrogens with zero attached hydrogens (tertiary/aromatic N) is 3. The Bertz CT molecular complexity index is 936. The highest BCUT2D eigenvalue weighted by molar-refractivity contribution is 5.93. The molecule has 0 radical (unpaired) electrons. The number of carbonyl (C=O) groups excluding carboxylic acids is 1. The Morgan fingerprint density at radius 2 is 2.08 bits per heavy atom. The van der Waals surface area contributed by atoms with Gasteiger partial charge in [0, 0.05) is 42.3 Å². The molecule has 8 nitrogen and oxygen atoms in total. The van der Waals surface area contributed by atoms with Gasteiger partial charge < -0.3 is 16.4 Å². The van der Waals surface area contributed by atoms with E-state index in [-0.39, 0.29) is 7.13 Å². The summed E-state index contributed by atoms with van der Waals surface area (Å²) < 4.78 is 0. The van der Waals surface area contributed by atoms with Crippen LogP contribution in [-0.2, 0) is 0 Å². The Labute approximate surface area is 151 Å². The molecular formula is C17H27N7O. The van der Waals surface area contributed by atoms with Gasteiger partial charge in [0.2, 0.25) is 11.9 Å². The second-order valence-electron chi connectivity index (χ2n) is 5.94. The van der Waals surface area contributed by atoms with Crippen LogP contribution in [-0.4, -0.2) is 26.1 Å². The zero-order valence-electron chi connectivity index (χ0n) is 13.4. The summed E-state index contributed by atoms with van der Waals surface area (Å²) in [6.45, 7) is 0. The van der Waals surface area contributed by atoms with Crippen molar-refractivity contribution < 1.29 is 11.9 Å². The standard InChI is InChI=1S/C17H17N7O.5H2/c18-16(25)11-2-1-3-12(8-11)20-17-19-7-6-14(22-17)21-15-9-13(23-24-15)10-4-5-10;;;;;/h1-3,6-10H,4-5H2,(H2,18,25)(H3,19,20,21,22,23,24);5*1H. The number of hydrogen-bond donors (Lipinski definition) is 4. The first kappa shape index (κ1) is 15.1. The zero-order chi connectivity index (χ0) is 17.2. The van der Waals surface area contributed by atoms with Gasteiger partial charge in [-0.3, -0.25) is 9.89 Å². The average Bonchev–Trinajstić information content (AvgIpc) is 3.35. The van der Waals surface area contributed by atoms with Crippen LogP contribution in [0.25, 0.3) is 0 Å². The summed E-state index contributed by atoms with van der Waals surface area (Å²) in [6, 6.07) is 10.6. The Morgan fingerprint density at radius 1 is 1.20 bits per heavy atom. The van der Waals surface area contributed by atoms with Crippen molar-refractivity contribution >= 4 is 29.2 Å². The molecule has 1 amide bonds. The summed E-state index contributed by atoms with van der Waals surface area (Å²) in [5.41, 5.74) is 7.55. The van der Waals surface area contributed by atoms with Crippen molar-refractivity contribution in [3.63, 3.8) is 0 Å². The van der Waals surface area contributed by atoms with Gasteiger partial charge in [0.15, 0.2) is 5.82 Å². The lowest BCUT2D eigenvalue weighted by atomic mass is 10.2. The first-order chi connectivity index (χ1) is 12.2. The molecule has 0 spiro atoms. The van der Waals surface area contributed by atoms with Crippen molar-refractivity contribution in [1.29, 1.82) is 0 Å². The number of rotatable bonds is 6. The molecule has 8 heteroatoms. The van der Waals surface area contributed by atoms with Gasteiger partial charge in [-0.1, -0.05) is 6.07 Å². The molecule has 1 saturated carbocycles. The maximum absolute atomic E-state index is 11.3. The van der Waals surface area contributed by atoms with Crippen molar-refractivity contribution in [2.24, 2.45) is 5.73 Å². The fourth-order valence-corrected chi connectivity index (χ4v) is 2.50. The summed E-state index contributed by atoms with van der Waals surface area (Å²) in [5.74, 6) is 1.89. The van der Waals surface area contributed by atoms with Crippen LogP contribution < -0.4 is 16.4 Å². The highest BCUT2D eigenvalue weighted by Crippen LogP contribution is 2.39. The Balaban J connectivity index is 0. The van der Waals surface area contributed by atoms with E-state index in [0.29, 0.717) is 28.9 Å². The van der Waals surface area contributed by atoms with Crippen molar-refractivity contribution in [2.45, 2.75) is 18.8 Å². The van der Waals surface area contributed by atoms with Crippen LogP contribution in [0.5, 0.6) is 0 Å². The van der Waals surface area contributed by atoms with Crippen LogP contribution in [0.2, 0.25) is 0 Å². The number of aromatic amines is 1. The molecule has 1 aromatic carbocycles. The molecule has 0 bridgehead atoms.